The van der Waals surface area contributed by atoms with Gasteiger partial charge in [0.1, 0.15) is 13.2 Å². The molecule has 0 aliphatic carbocycles. The van der Waals surface area contributed by atoms with Crippen LogP contribution in [0, 0.1) is 0 Å². The summed E-state index contributed by atoms with van der Waals surface area (Å²) in [4.78, 5) is 30.0. The lowest BCUT2D eigenvalue weighted by Gasteiger charge is -2.37. The van der Waals surface area contributed by atoms with E-state index in [2.05, 4.69) is 19.1 Å². The molecule has 0 saturated heterocycles. The molecular weight excluding hydrogens is 510 g/mol. The van der Waals surface area contributed by atoms with Gasteiger partial charge >= 0.3 is 5.97 Å². The number of rotatable bonds is 12. The second kappa shape index (κ2) is 12.4. The van der Waals surface area contributed by atoms with E-state index in [1.54, 1.807) is 23.5 Å². The molecule has 2 aromatic heterocycles. The number of likely N-dealkylation sites (N-methyl/N-ethyl adjacent to an activating group) is 1. The Morgan fingerprint density at radius 3 is 2.59 bits per heavy atom. The standard InChI is InChI=1S/C31H35N3O4S/c1-5-6-10-24-18-21-9-7-8-11-25(21)30(33-24)38-16-15-34(2,3)28(31(36)37-4)26-13-12-22(29(32)35)19-27(26)23-14-17-39-20-23/h7-9,11-14,17-20,28H,5-6,10,15-16H2,1-4H3,(H-,32,35)/p+1/t28-/m1/s1. The molecule has 39 heavy (non-hydrogen) atoms. The smallest absolute Gasteiger partial charge is 0.369 e. The number of carbonyl (C=O) groups is 2. The van der Waals surface area contributed by atoms with Gasteiger partial charge in [-0.3, -0.25) is 4.79 Å². The first kappa shape index (κ1) is 28.3. The van der Waals surface area contributed by atoms with E-state index < -0.39 is 11.9 Å². The Kier molecular flexibility index (Phi) is 8.99. The Morgan fingerprint density at radius 2 is 1.90 bits per heavy atom. The number of aryl methyl sites for hydroxylation is 1. The molecule has 0 aliphatic rings. The maximum atomic E-state index is 13.3. The highest BCUT2D eigenvalue weighted by Crippen LogP contribution is 2.36. The lowest BCUT2D eigenvalue weighted by Crippen LogP contribution is -2.49. The number of methoxy groups -OCH3 is 1. The zero-order valence-corrected chi connectivity index (χ0v) is 23.8. The highest BCUT2D eigenvalue weighted by Gasteiger charge is 2.39. The zero-order chi connectivity index (χ0) is 28.0. The Balaban J connectivity index is 1.64. The molecular formula is C31H36N3O4S+. The van der Waals surface area contributed by atoms with Crippen molar-refractivity contribution in [3.63, 3.8) is 0 Å². The van der Waals surface area contributed by atoms with Gasteiger partial charge in [-0.1, -0.05) is 37.6 Å². The molecule has 0 spiro atoms. The molecule has 0 aliphatic heterocycles. The predicted octanol–water partition coefficient (Wildman–Crippen LogP) is 5.77. The molecule has 0 fully saturated rings. The van der Waals surface area contributed by atoms with Crippen molar-refractivity contribution in [1.82, 2.24) is 4.98 Å². The lowest BCUT2D eigenvalue weighted by atomic mass is 9.92. The van der Waals surface area contributed by atoms with E-state index in [0.29, 0.717) is 24.6 Å². The molecule has 204 valence electrons. The average molecular weight is 547 g/mol. The minimum Gasteiger partial charge on any atom is -0.471 e. The molecule has 7 nitrogen and oxygen atoms in total. The van der Waals surface area contributed by atoms with E-state index in [1.807, 2.05) is 55.2 Å². The molecule has 0 saturated carbocycles. The summed E-state index contributed by atoms with van der Waals surface area (Å²) in [6.07, 6.45) is 3.06. The fourth-order valence-corrected chi connectivity index (χ4v) is 5.49. The number of carbonyl (C=O) groups excluding carboxylic acids is 2. The van der Waals surface area contributed by atoms with Gasteiger partial charge in [-0.2, -0.15) is 11.3 Å². The van der Waals surface area contributed by atoms with Crippen molar-refractivity contribution < 1.29 is 23.5 Å². The monoisotopic (exact) mass is 546 g/mol. The summed E-state index contributed by atoms with van der Waals surface area (Å²) in [5, 5.41) is 6.02. The summed E-state index contributed by atoms with van der Waals surface area (Å²) < 4.78 is 11.8. The van der Waals surface area contributed by atoms with E-state index in [-0.39, 0.29) is 10.5 Å². The summed E-state index contributed by atoms with van der Waals surface area (Å²) in [7, 11) is 5.35. The SMILES string of the molecule is CCCCc1cc2ccccc2c(OCC[N+](C)(C)[C@@H](C(=O)OC)c2ccc(C(N)=O)cc2-c2ccsc2)n1. The fourth-order valence-electron chi connectivity index (χ4n) is 4.84. The van der Waals surface area contributed by atoms with Crippen LogP contribution in [0.5, 0.6) is 5.88 Å². The van der Waals surface area contributed by atoms with Crippen LogP contribution in [0.3, 0.4) is 0 Å². The molecule has 2 heterocycles. The highest BCUT2D eigenvalue weighted by molar-refractivity contribution is 7.08. The van der Waals surface area contributed by atoms with E-state index >= 15 is 0 Å². The maximum Gasteiger partial charge on any atom is 0.369 e. The number of aromatic nitrogens is 1. The van der Waals surface area contributed by atoms with Gasteiger partial charge in [-0.25, -0.2) is 9.78 Å². The number of unbranched alkanes of at least 4 members (excludes halogenated alkanes) is 1. The van der Waals surface area contributed by atoms with Crippen LogP contribution in [-0.2, 0) is 16.0 Å². The fraction of sp³-hybridized carbons (Fsp3) is 0.323. The lowest BCUT2D eigenvalue weighted by molar-refractivity contribution is -0.912. The van der Waals surface area contributed by atoms with Crippen LogP contribution >= 0.6 is 11.3 Å². The van der Waals surface area contributed by atoms with E-state index in [0.717, 1.165) is 52.4 Å². The van der Waals surface area contributed by atoms with E-state index in [4.69, 9.17) is 20.2 Å². The number of quaternary nitrogens is 1. The average Bonchev–Trinajstić information content (AvgIpc) is 3.46. The number of amides is 1. The molecule has 1 atom stereocenters. The van der Waals surface area contributed by atoms with Crippen LogP contribution in [0.15, 0.2) is 65.4 Å². The number of esters is 1. The molecule has 0 bridgehead atoms. The van der Waals surface area contributed by atoms with Crippen LogP contribution in [-0.4, -0.2) is 55.7 Å². The number of nitrogens with two attached hydrogens (primary N) is 1. The second-order valence-corrected chi connectivity index (χ2v) is 11.0. The Hall–Kier alpha value is -3.75. The van der Waals surface area contributed by atoms with Crippen LogP contribution in [0.4, 0.5) is 0 Å². The van der Waals surface area contributed by atoms with Gasteiger partial charge in [-0.05, 0) is 70.4 Å². The molecule has 4 aromatic rings. The van der Waals surface area contributed by atoms with Crippen molar-refractivity contribution >= 4 is 34.0 Å². The Bertz CT molecular complexity index is 1450. The molecule has 8 heteroatoms. The third-order valence-corrected chi connectivity index (χ3v) is 7.72. The predicted molar refractivity (Wildman–Crippen MR) is 156 cm³/mol. The van der Waals surface area contributed by atoms with E-state index in [9.17, 15) is 9.59 Å². The number of ether oxygens (including phenoxy) is 2. The van der Waals surface area contributed by atoms with Gasteiger partial charge in [0.2, 0.25) is 17.8 Å². The number of pyridine rings is 1. The number of benzene rings is 2. The first-order chi connectivity index (χ1) is 18.7. The minimum atomic E-state index is -0.656. The summed E-state index contributed by atoms with van der Waals surface area (Å²) in [6, 6.07) is 16.8. The first-order valence-corrected chi connectivity index (χ1v) is 14.1. The van der Waals surface area contributed by atoms with Crippen LogP contribution in [0.2, 0.25) is 0 Å². The summed E-state index contributed by atoms with van der Waals surface area (Å²) in [5.41, 5.74) is 9.45. The van der Waals surface area contributed by atoms with Crippen molar-refractivity contribution in [2.45, 2.75) is 32.2 Å². The highest BCUT2D eigenvalue weighted by atomic mass is 32.1. The van der Waals surface area contributed by atoms with Crippen molar-refractivity contribution in [3.8, 4) is 17.0 Å². The zero-order valence-electron chi connectivity index (χ0n) is 23.0. The van der Waals surface area contributed by atoms with E-state index in [1.165, 1.54) is 7.11 Å². The number of fused-ring (bicyclic) bond motifs is 1. The number of hydrogen-bond donors (Lipinski definition) is 1. The van der Waals surface area contributed by atoms with Gasteiger partial charge in [0.15, 0.2) is 0 Å². The molecule has 4 rings (SSSR count). The summed E-state index contributed by atoms with van der Waals surface area (Å²) in [6.45, 7) is 3.03. The third-order valence-electron chi connectivity index (χ3n) is 7.04. The summed E-state index contributed by atoms with van der Waals surface area (Å²) >= 11 is 1.54. The van der Waals surface area contributed by atoms with Crippen molar-refractivity contribution in [3.05, 3.63) is 82.2 Å². The van der Waals surface area contributed by atoms with Crippen molar-refractivity contribution in [2.75, 3.05) is 34.4 Å². The molecule has 2 aromatic carbocycles. The van der Waals surface area contributed by atoms with Crippen molar-refractivity contribution in [1.29, 1.82) is 0 Å². The molecule has 1 amide bonds. The Labute approximate surface area is 233 Å². The van der Waals surface area contributed by atoms with Gasteiger partial charge in [0.05, 0.1) is 21.2 Å². The number of thiophene rings is 1. The third kappa shape index (κ3) is 6.46. The van der Waals surface area contributed by atoms with Gasteiger partial charge in [0, 0.05) is 22.2 Å². The van der Waals surface area contributed by atoms with Gasteiger partial charge in [-0.15, -0.1) is 0 Å². The number of hydrogen-bond acceptors (Lipinski definition) is 6. The van der Waals surface area contributed by atoms with Crippen LogP contribution in [0.25, 0.3) is 21.9 Å². The molecule has 2 N–H and O–H groups in total. The quantitative estimate of drug-likeness (QED) is 0.180. The second-order valence-electron chi connectivity index (χ2n) is 10.2. The summed E-state index contributed by atoms with van der Waals surface area (Å²) in [5.74, 6) is -0.275. The normalized spacial score (nSPS) is 12.3. The van der Waals surface area contributed by atoms with Gasteiger partial charge in [0.25, 0.3) is 0 Å². The largest absolute Gasteiger partial charge is 0.471 e. The maximum absolute atomic E-state index is 13.3. The minimum absolute atomic E-state index is 0.271. The molecule has 0 unspecified atom stereocenters. The molecule has 0 radical (unpaired) electrons. The van der Waals surface area contributed by atoms with Crippen LogP contribution < -0.4 is 10.5 Å². The van der Waals surface area contributed by atoms with Crippen LogP contribution in [0.1, 0.15) is 47.4 Å². The van der Waals surface area contributed by atoms with Gasteiger partial charge < -0.3 is 19.7 Å². The topological polar surface area (TPSA) is 91.5 Å². The first-order valence-electron chi connectivity index (χ1n) is 13.1. The Morgan fingerprint density at radius 1 is 1.10 bits per heavy atom. The number of primary amides is 1. The number of nitrogens with zero attached hydrogens (tertiary/aromatic N) is 2. The van der Waals surface area contributed by atoms with Crippen molar-refractivity contribution in [2.24, 2.45) is 5.73 Å².